The molecule has 0 bridgehead atoms. The minimum absolute atomic E-state index is 0.223. The molecule has 1 fully saturated rings. The number of rotatable bonds is 5. The lowest BCUT2D eigenvalue weighted by atomic mass is 10.2. The molecule has 2 aromatic heterocycles. The third kappa shape index (κ3) is 3.12. The Morgan fingerprint density at radius 3 is 2.88 bits per heavy atom. The van der Waals surface area contributed by atoms with Crippen molar-refractivity contribution in [3.05, 3.63) is 55.7 Å². The SMILES string of the molecule is Cn1c(=O)[nH]c(=O)c2c1nc(SC[C@@H]1CO1)n2Cc1ccccc1Cl. The molecule has 9 heteroatoms. The summed E-state index contributed by atoms with van der Waals surface area (Å²) >= 11 is 7.78. The van der Waals surface area contributed by atoms with Crippen LogP contribution in [0.1, 0.15) is 5.56 Å². The Hall–Kier alpha value is -2.03. The zero-order valence-electron chi connectivity index (χ0n) is 13.4. The van der Waals surface area contributed by atoms with Crippen LogP contribution in [0.15, 0.2) is 39.0 Å². The molecule has 3 heterocycles. The normalized spacial score (nSPS) is 16.5. The number of H-pyrrole nitrogens is 1. The molecule has 1 saturated heterocycles. The number of thioether (sulfide) groups is 1. The van der Waals surface area contributed by atoms with Crippen molar-refractivity contribution in [2.24, 2.45) is 7.05 Å². The van der Waals surface area contributed by atoms with Gasteiger partial charge in [0.1, 0.15) is 0 Å². The molecular weight excluding hydrogens is 364 g/mol. The maximum absolute atomic E-state index is 12.4. The minimum atomic E-state index is -0.484. The van der Waals surface area contributed by atoms with E-state index in [-0.39, 0.29) is 6.10 Å². The first-order valence-corrected chi connectivity index (χ1v) is 9.08. The van der Waals surface area contributed by atoms with Gasteiger partial charge < -0.3 is 9.30 Å². The number of ether oxygens (including phenoxy) is 1. The van der Waals surface area contributed by atoms with Gasteiger partial charge in [-0.1, -0.05) is 41.6 Å². The zero-order valence-corrected chi connectivity index (χ0v) is 14.9. The number of aromatic nitrogens is 4. The molecule has 0 spiro atoms. The number of aryl methyl sites for hydroxylation is 1. The van der Waals surface area contributed by atoms with Gasteiger partial charge in [-0.05, 0) is 11.6 Å². The van der Waals surface area contributed by atoms with Crippen LogP contribution in [0.2, 0.25) is 5.02 Å². The van der Waals surface area contributed by atoms with Gasteiger partial charge in [0.05, 0.1) is 19.3 Å². The molecule has 25 heavy (non-hydrogen) atoms. The van der Waals surface area contributed by atoms with E-state index < -0.39 is 11.2 Å². The summed E-state index contributed by atoms with van der Waals surface area (Å²) in [4.78, 5) is 31.2. The molecule has 1 aliphatic rings. The van der Waals surface area contributed by atoms with Crippen LogP contribution in [0.3, 0.4) is 0 Å². The van der Waals surface area contributed by atoms with E-state index in [1.807, 2.05) is 22.8 Å². The quantitative estimate of drug-likeness (QED) is 0.538. The van der Waals surface area contributed by atoms with E-state index in [4.69, 9.17) is 16.3 Å². The number of epoxide rings is 1. The maximum atomic E-state index is 12.4. The third-order valence-corrected chi connectivity index (χ3v) is 5.54. The number of halogens is 1. The number of imidazole rings is 1. The van der Waals surface area contributed by atoms with E-state index in [1.165, 1.54) is 16.3 Å². The fourth-order valence-corrected chi connectivity index (χ4v) is 3.79. The van der Waals surface area contributed by atoms with Crippen LogP contribution in [0, 0.1) is 0 Å². The van der Waals surface area contributed by atoms with Crippen LogP contribution in [0.5, 0.6) is 0 Å². The standard InChI is InChI=1S/C16H15ClN4O3S/c1-20-13-12(14(22)19-15(20)23)21(6-9-4-2-3-5-11(9)17)16(18-13)25-8-10-7-24-10/h2-5,10H,6-8H2,1H3,(H,19,22,23)/t10-/m0/s1. The van der Waals surface area contributed by atoms with Crippen molar-refractivity contribution < 1.29 is 4.74 Å². The van der Waals surface area contributed by atoms with Gasteiger partial charge in [-0.2, -0.15) is 0 Å². The molecule has 130 valence electrons. The second-order valence-corrected chi connectivity index (χ2v) is 7.22. The number of aromatic amines is 1. The highest BCUT2D eigenvalue weighted by atomic mass is 35.5. The Labute approximate surface area is 151 Å². The third-order valence-electron chi connectivity index (χ3n) is 4.06. The molecule has 7 nitrogen and oxygen atoms in total. The molecule has 4 rings (SSSR count). The Bertz CT molecular complexity index is 1070. The second kappa shape index (κ2) is 6.36. The maximum Gasteiger partial charge on any atom is 0.329 e. The highest BCUT2D eigenvalue weighted by Crippen LogP contribution is 2.27. The molecule has 1 atom stereocenters. The van der Waals surface area contributed by atoms with Crippen LogP contribution in [0.25, 0.3) is 11.2 Å². The summed E-state index contributed by atoms with van der Waals surface area (Å²) in [6.45, 7) is 1.14. The Morgan fingerprint density at radius 1 is 1.40 bits per heavy atom. The molecule has 0 aliphatic carbocycles. The summed E-state index contributed by atoms with van der Waals surface area (Å²) in [5, 5.41) is 1.28. The topological polar surface area (TPSA) is 85.2 Å². The molecule has 1 aromatic carbocycles. The molecule has 0 radical (unpaired) electrons. The molecule has 1 N–H and O–H groups in total. The summed E-state index contributed by atoms with van der Waals surface area (Å²) in [7, 11) is 1.59. The van der Waals surface area contributed by atoms with E-state index in [0.29, 0.717) is 27.9 Å². The number of nitrogens with zero attached hydrogens (tertiary/aromatic N) is 3. The number of hydrogen-bond acceptors (Lipinski definition) is 5. The molecule has 3 aromatic rings. The van der Waals surface area contributed by atoms with Gasteiger partial charge in [0, 0.05) is 17.8 Å². The lowest BCUT2D eigenvalue weighted by molar-refractivity contribution is 0.426. The summed E-state index contributed by atoms with van der Waals surface area (Å²) in [6, 6.07) is 7.46. The lowest BCUT2D eigenvalue weighted by Gasteiger charge is -2.09. The fraction of sp³-hybridized carbons (Fsp3) is 0.312. The molecule has 0 amide bonds. The largest absolute Gasteiger partial charge is 0.372 e. The van der Waals surface area contributed by atoms with Crippen molar-refractivity contribution in [3.8, 4) is 0 Å². The first-order chi connectivity index (χ1) is 12.0. The van der Waals surface area contributed by atoms with Crippen molar-refractivity contribution in [1.82, 2.24) is 19.1 Å². The van der Waals surface area contributed by atoms with Crippen LogP contribution < -0.4 is 11.2 Å². The monoisotopic (exact) mass is 378 g/mol. The van der Waals surface area contributed by atoms with E-state index in [1.54, 1.807) is 13.1 Å². The predicted molar refractivity (Wildman–Crippen MR) is 96.6 cm³/mol. The lowest BCUT2D eigenvalue weighted by Crippen LogP contribution is -2.29. The van der Waals surface area contributed by atoms with Crippen molar-refractivity contribution in [2.45, 2.75) is 17.8 Å². The molecule has 1 aliphatic heterocycles. The van der Waals surface area contributed by atoms with Gasteiger partial charge in [-0.15, -0.1) is 0 Å². The first kappa shape index (κ1) is 16.4. The summed E-state index contributed by atoms with van der Waals surface area (Å²) < 4.78 is 8.40. The van der Waals surface area contributed by atoms with Crippen LogP contribution in [0.4, 0.5) is 0 Å². The average molecular weight is 379 g/mol. The smallest absolute Gasteiger partial charge is 0.329 e. The molecular formula is C16H15ClN4O3S. The number of fused-ring (bicyclic) bond motifs is 1. The fourth-order valence-electron chi connectivity index (χ4n) is 2.60. The zero-order chi connectivity index (χ0) is 17.6. The van der Waals surface area contributed by atoms with Gasteiger partial charge >= 0.3 is 5.69 Å². The van der Waals surface area contributed by atoms with E-state index in [9.17, 15) is 9.59 Å². The number of nitrogens with one attached hydrogen (secondary N) is 1. The van der Waals surface area contributed by atoms with Gasteiger partial charge in [-0.25, -0.2) is 9.78 Å². The second-order valence-electron chi connectivity index (χ2n) is 5.83. The summed E-state index contributed by atoms with van der Waals surface area (Å²) in [5.74, 6) is 0.748. The van der Waals surface area contributed by atoms with Crippen molar-refractivity contribution in [2.75, 3.05) is 12.4 Å². The summed E-state index contributed by atoms with van der Waals surface area (Å²) in [6.07, 6.45) is 0.223. The number of hydrogen-bond donors (Lipinski definition) is 1. The predicted octanol–water partition coefficient (Wildman–Crippen LogP) is 1.62. The Kier molecular flexibility index (Phi) is 4.18. The van der Waals surface area contributed by atoms with E-state index in [0.717, 1.165) is 17.9 Å². The highest BCUT2D eigenvalue weighted by Gasteiger charge is 2.25. The van der Waals surface area contributed by atoms with Gasteiger partial charge in [0.25, 0.3) is 5.56 Å². The average Bonchev–Trinajstić information content (AvgIpc) is 3.34. The van der Waals surface area contributed by atoms with Gasteiger partial charge in [-0.3, -0.25) is 14.3 Å². The first-order valence-electron chi connectivity index (χ1n) is 7.72. The summed E-state index contributed by atoms with van der Waals surface area (Å²) in [5.41, 5.74) is 0.664. The van der Waals surface area contributed by atoms with Gasteiger partial charge in [0.2, 0.25) is 0 Å². The van der Waals surface area contributed by atoms with Crippen molar-refractivity contribution >= 4 is 34.5 Å². The van der Waals surface area contributed by atoms with Crippen LogP contribution >= 0.6 is 23.4 Å². The van der Waals surface area contributed by atoms with Crippen LogP contribution in [-0.2, 0) is 18.3 Å². The molecule has 0 saturated carbocycles. The Balaban J connectivity index is 1.87. The number of benzene rings is 1. The van der Waals surface area contributed by atoms with Gasteiger partial charge in [0.15, 0.2) is 16.3 Å². The Morgan fingerprint density at radius 2 is 2.16 bits per heavy atom. The van der Waals surface area contributed by atoms with E-state index >= 15 is 0 Å². The van der Waals surface area contributed by atoms with Crippen molar-refractivity contribution in [3.63, 3.8) is 0 Å². The highest BCUT2D eigenvalue weighted by molar-refractivity contribution is 7.99. The van der Waals surface area contributed by atoms with Crippen molar-refractivity contribution in [1.29, 1.82) is 0 Å². The minimum Gasteiger partial charge on any atom is -0.372 e. The molecule has 0 unspecified atom stereocenters. The van der Waals surface area contributed by atoms with Crippen LogP contribution in [-0.4, -0.2) is 37.6 Å². The van der Waals surface area contributed by atoms with E-state index in [2.05, 4.69) is 9.97 Å².